The van der Waals surface area contributed by atoms with Gasteiger partial charge in [0.05, 0.1) is 0 Å². The molecule has 0 saturated carbocycles. The quantitative estimate of drug-likeness (QED) is 0.720. The van der Waals surface area contributed by atoms with E-state index in [1.807, 2.05) is 13.1 Å². The average Bonchev–Trinajstić information content (AvgIpc) is 2.82. The highest BCUT2D eigenvalue weighted by Crippen LogP contribution is 2.31. The summed E-state index contributed by atoms with van der Waals surface area (Å²) in [6.07, 6.45) is 3.13. The van der Waals surface area contributed by atoms with Crippen LogP contribution in [0.5, 0.6) is 0 Å². The van der Waals surface area contributed by atoms with Crippen LogP contribution < -0.4 is 0 Å². The molecule has 1 aromatic carbocycles. The van der Waals surface area contributed by atoms with Gasteiger partial charge in [-0.2, -0.15) is 0 Å². The van der Waals surface area contributed by atoms with Crippen molar-refractivity contribution in [3.05, 3.63) is 64.6 Å². The van der Waals surface area contributed by atoms with E-state index in [4.69, 9.17) is 0 Å². The number of hydrogen-bond donors (Lipinski definition) is 0. The number of pyridine rings is 1. The Morgan fingerprint density at radius 3 is 2.78 bits per heavy atom. The van der Waals surface area contributed by atoms with Crippen LogP contribution in [0.4, 0.5) is 0 Å². The molecule has 0 saturated heterocycles. The van der Waals surface area contributed by atoms with Crippen molar-refractivity contribution in [3.63, 3.8) is 0 Å². The minimum absolute atomic E-state index is 0.909. The fourth-order valence-corrected chi connectivity index (χ4v) is 3.65. The van der Waals surface area contributed by atoms with E-state index in [1.165, 1.54) is 33.3 Å². The number of benzene rings is 1. The molecule has 0 radical (unpaired) electrons. The van der Waals surface area contributed by atoms with Crippen LogP contribution >= 0.6 is 0 Å². The molecule has 3 heteroatoms. The van der Waals surface area contributed by atoms with Gasteiger partial charge in [-0.25, -0.2) is 0 Å². The Hall–Kier alpha value is -2.13. The second-order valence-corrected chi connectivity index (χ2v) is 6.83. The lowest BCUT2D eigenvalue weighted by molar-refractivity contribution is 0.310. The maximum absolute atomic E-state index is 4.46. The predicted molar refractivity (Wildman–Crippen MR) is 94.8 cm³/mol. The molecule has 0 bridgehead atoms. The van der Waals surface area contributed by atoms with Crippen molar-refractivity contribution in [1.29, 1.82) is 0 Å². The zero-order valence-electron chi connectivity index (χ0n) is 14.1. The first kappa shape index (κ1) is 14.5. The van der Waals surface area contributed by atoms with Gasteiger partial charge in [-0.15, -0.1) is 0 Å². The van der Waals surface area contributed by atoms with E-state index in [1.54, 1.807) is 0 Å². The average molecular weight is 305 g/mol. The first-order chi connectivity index (χ1) is 11.1. The van der Waals surface area contributed by atoms with Gasteiger partial charge >= 0.3 is 0 Å². The Morgan fingerprint density at radius 2 is 2.00 bits per heavy atom. The number of likely N-dealkylation sites (N-methyl/N-ethyl adjacent to an activating group) is 1. The lowest BCUT2D eigenvalue weighted by Gasteiger charge is -2.24. The second kappa shape index (κ2) is 5.50. The number of rotatable bonds is 2. The minimum Gasteiger partial charge on any atom is -0.340 e. The molecule has 3 heterocycles. The van der Waals surface area contributed by atoms with Gasteiger partial charge < -0.3 is 9.47 Å². The monoisotopic (exact) mass is 305 g/mol. The van der Waals surface area contributed by atoms with E-state index in [0.717, 1.165) is 31.7 Å². The highest BCUT2D eigenvalue weighted by atomic mass is 15.1. The van der Waals surface area contributed by atoms with Crippen LogP contribution in [0.2, 0.25) is 0 Å². The molecule has 0 aliphatic carbocycles. The van der Waals surface area contributed by atoms with Gasteiger partial charge in [0.25, 0.3) is 0 Å². The van der Waals surface area contributed by atoms with Crippen LogP contribution in [0.1, 0.15) is 28.1 Å². The summed E-state index contributed by atoms with van der Waals surface area (Å²) in [7, 11) is 2.21. The summed E-state index contributed by atoms with van der Waals surface area (Å²) in [6, 6.07) is 11.2. The molecule has 0 unspecified atom stereocenters. The first-order valence-electron chi connectivity index (χ1n) is 8.32. The first-order valence-corrected chi connectivity index (χ1v) is 8.32. The number of fused-ring (bicyclic) bond motifs is 3. The number of aryl methyl sites for hydroxylation is 2. The van der Waals surface area contributed by atoms with Crippen molar-refractivity contribution in [3.8, 4) is 0 Å². The third-order valence-electron chi connectivity index (χ3n) is 4.91. The second-order valence-electron chi connectivity index (χ2n) is 6.83. The third kappa shape index (κ3) is 2.55. The summed E-state index contributed by atoms with van der Waals surface area (Å²) in [5.41, 5.74) is 8.06. The third-order valence-corrected chi connectivity index (χ3v) is 4.91. The summed E-state index contributed by atoms with van der Waals surface area (Å²) < 4.78 is 2.50. The Kier molecular flexibility index (Phi) is 3.46. The molecule has 118 valence electrons. The Bertz CT molecular complexity index is 859. The van der Waals surface area contributed by atoms with E-state index in [0.29, 0.717) is 0 Å². The lowest BCUT2D eigenvalue weighted by atomic mass is 10.0. The number of hydrogen-bond acceptors (Lipinski definition) is 2. The van der Waals surface area contributed by atoms with Gasteiger partial charge in [-0.05, 0) is 50.2 Å². The maximum atomic E-state index is 4.46. The van der Waals surface area contributed by atoms with Gasteiger partial charge in [0.2, 0.25) is 0 Å². The maximum Gasteiger partial charge on any atom is 0.0494 e. The van der Waals surface area contributed by atoms with Crippen molar-refractivity contribution >= 4 is 10.9 Å². The van der Waals surface area contributed by atoms with E-state index in [2.05, 4.69) is 58.8 Å². The standard InChI is InChI=1S/C20H23N3/c1-14-4-7-19-17(10-14)18-13-22(3)9-8-20(18)23(19)12-16-6-5-15(2)21-11-16/h4-7,10-11H,8-9,12-13H2,1-3H3. The van der Waals surface area contributed by atoms with Gasteiger partial charge in [0, 0.05) is 54.5 Å². The molecule has 0 amide bonds. The smallest absolute Gasteiger partial charge is 0.0494 e. The lowest BCUT2D eigenvalue weighted by Crippen LogP contribution is -2.27. The molecule has 3 aromatic rings. The number of aromatic nitrogens is 2. The van der Waals surface area contributed by atoms with Gasteiger partial charge in [-0.1, -0.05) is 17.7 Å². The van der Waals surface area contributed by atoms with E-state index in [9.17, 15) is 0 Å². The summed E-state index contributed by atoms with van der Waals surface area (Å²) >= 11 is 0. The molecular formula is C20H23N3. The molecule has 0 atom stereocenters. The predicted octanol–water partition coefficient (Wildman–Crippen LogP) is 3.69. The molecule has 0 fully saturated rings. The molecule has 2 aromatic heterocycles. The molecule has 3 nitrogen and oxygen atoms in total. The van der Waals surface area contributed by atoms with Gasteiger partial charge in [-0.3, -0.25) is 4.98 Å². The summed E-state index contributed by atoms with van der Waals surface area (Å²) in [5, 5.41) is 1.42. The SMILES string of the molecule is Cc1ccc2c(c1)c1c(n2Cc2ccc(C)nc2)CCN(C)C1. The largest absolute Gasteiger partial charge is 0.340 e. The van der Waals surface area contributed by atoms with Crippen molar-refractivity contribution in [1.82, 2.24) is 14.5 Å². The van der Waals surface area contributed by atoms with E-state index < -0.39 is 0 Å². The van der Waals surface area contributed by atoms with Crippen LogP contribution in [0.25, 0.3) is 10.9 Å². The fourth-order valence-electron chi connectivity index (χ4n) is 3.65. The highest BCUT2D eigenvalue weighted by Gasteiger charge is 2.22. The van der Waals surface area contributed by atoms with Crippen molar-refractivity contribution in [2.24, 2.45) is 0 Å². The van der Waals surface area contributed by atoms with E-state index in [-0.39, 0.29) is 0 Å². The molecule has 0 N–H and O–H groups in total. The molecule has 0 spiro atoms. The van der Waals surface area contributed by atoms with Crippen LogP contribution in [0, 0.1) is 13.8 Å². The van der Waals surface area contributed by atoms with Crippen molar-refractivity contribution in [2.45, 2.75) is 33.4 Å². The van der Waals surface area contributed by atoms with Crippen LogP contribution in [-0.4, -0.2) is 28.0 Å². The molecule has 4 rings (SSSR count). The zero-order chi connectivity index (χ0) is 16.0. The van der Waals surface area contributed by atoms with Crippen molar-refractivity contribution in [2.75, 3.05) is 13.6 Å². The zero-order valence-corrected chi connectivity index (χ0v) is 14.1. The number of nitrogens with zero attached hydrogens (tertiary/aromatic N) is 3. The molecular weight excluding hydrogens is 282 g/mol. The Morgan fingerprint density at radius 1 is 1.13 bits per heavy atom. The Balaban J connectivity index is 1.86. The Labute approximate surface area is 137 Å². The highest BCUT2D eigenvalue weighted by molar-refractivity contribution is 5.86. The normalized spacial score (nSPS) is 15.1. The minimum atomic E-state index is 0.909. The van der Waals surface area contributed by atoms with Crippen LogP contribution in [0.3, 0.4) is 0 Å². The van der Waals surface area contributed by atoms with Crippen LogP contribution in [-0.2, 0) is 19.5 Å². The molecule has 1 aliphatic heterocycles. The van der Waals surface area contributed by atoms with E-state index >= 15 is 0 Å². The summed E-state index contributed by atoms with van der Waals surface area (Å²) in [6.45, 7) is 7.31. The molecule has 1 aliphatic rings. The fraction of sp³-hybridized carbons (Fsp3) is 0.350. The summed E-state index contributed by atoms with van der Waals surface area (Å²) in [5.74, 6) is 0. The van der Waals surface area contributed by atoms with Gasteiger partial charge in [0.1, 0.15) is 0 Å². The van der Waals surface area contributed by atoms with Gasteiger partial charge in [0.15, 0.2) is 0 Å². The summed E-state index contributed by atoms with van der Waals surface area (Å²) in [4.78, 5) is 6.87. The molecule has 23 heavy (non-hydrogen) atoms. The van der Waals surface area contributed by atoms with Crippen LogP contribution in [0.15, 0.2) is 36.5 Å². The topological polar surface area (TPSA) is 21.1 Å². The van der Waals surface area contributed by atoms with Crippen molar-refractivity contribution < 1.29 is 0 Å².